The molecular formula is C18H20N2. The van der Waals surface area contributed by atoms with Crippen LogP contribution in [0.5, 0.6) is 0 Å². The molecule has 0 bridgehead atoms. The lowest BCUT2D eigenvalue weighted by Gasteiger charge is -2.24. The molecule has 0 amide bonds. The van der Waals surface area contributed by atoms with Gasteiger partial charge in [-0.15, -0.1) is 0 Å². The van der Waals surface area contributed by atoms with Gasteiger partial charge in [0, 0.05) is 6.54 Å². The van der Waals surface area contributed by atoms with Gasteiger partial charge < -0.3 is 5.32 Å². The first-order chi connectivity index (χ1) is 9.62. The summed E-state index contributed by atoms with van der Waals surface area (Å²) in [4.78, 5) is 0. The fraction of sp³-hybridized carbons (Fsp3) is 0.278. The summed E-state index contributed by atoms with van der Waals surface area (Å²) >= 11 is 0. The second-order valence-corrected chi connectivity index (χ2v) is 5.63. The highest BCUT2D eigenvalue weighted by Crippen LogP contribution is 2.23. The van der Waals surface area contributed by atoms with Crippen LogP contribution in [0.25, 0.3) is 0 Å². The van der Waals surface area contributed by atoms with Crippen molar-refractivity contribution < 1.29 is 0 Å². The van der Waals surface area contributed by atoms with Crippen LogP contribution < -0.4 is 5.32 Å². The lowest BCUT2D eigenvalue weighted by Crippen LogP contribution is -2.32. The Morgan fingerprint density at radius 2 is 1.40 bits per heavy atom. The number of hydrogen-bond donors (Lipinski definition) is 1. The first kappa shape index (κ1) is 14.3. The minimum Gasteiger partial charge on any atom is -0.305 e. The second-order valence-electron chi connectivity index (χ2n) is 5.63. The first-order valence-electron chi connectivity index (χ1n) is 6.87. The summed E-state index contributed by atoms with van der Waals surface area (Å²) in [7, 11) is 0. The number of rotatable bonds is 5. The first-order valence-corrected chi connectivity index (χ1v) is 6.87. The molecule has 2 nitrogen and oxygen atoms in total. The van der Waals surface area contributed by atoms with Gasteiger partial charge in [0.25, 0.3) is 0 Å². The van der Waals surface area contributed by atoms with E-state index < -0.39 is 0 Å². The van der Waals surface area contributed by atoms with E-state index in [0.29, 0.717) is 6.54 Å². The quantitative estimate of drug-likeness (QED) is 0.888. The maximum absolute atomic E-state index is 9.16. The molecule has 0 aliphatic heterocycles. The number of benzene rings is 2. The molecule has 0 saturated heterocycles. The highest BCUT2D eigenvalue weighted by Gasteiger charge is 2.20. The van der Waals surface area contributed by atoms with Crippen molar-refractivity contribution in [1.82, 2.24) is 5.32 Å². The maximum atomic E-state index is 9.16. The molecule has 0 saturated carbocycles. The largest absolute Gasteiger partial charge is 0.305 e. The molecule has 0 aliphatic carbocycles. The molecule has 20 heavy (non-hydrogen) atoms. The summed E-state index contributed by atoms with van der Waals surface area (Å²) < 4.78 is 0. The van der Waals surface area contributed by atoms with Gasteiger partial charge in [0.05, 0.1) is 17.5 Å². The lowest BCUT2D eigenvalue weighted by atomic mass is 9.93. The zero-order chi connectivity index (χ0) is 14.4. The predicted octanol–water partition coefficient (Wildman–Crippen LogP) is 3.92. The third-order valence-corrected chi connectivity index (χ3v) is 3.32. The zero-order valence-corrected chi connectivity index (χ0v) is 12.0. The summed E-state index contributed by atoms with van der Waals surface area (Å²) in [6, 6.07) is 23.1. The molecule has 0 atom stereocenters. The van der Waals surface area contributed by atoms with E-state index in [-0.39, 0.29) is 11.5 Å². The van der Waals surface area contributed by atoms with Gasteiger partial charge in [-0.25, -0.2) is 0 Å². The van der Waals surface area contributed by atoms with Crippen molar-refractivity contribution in [2.75, 3.05) is 6.54 Å². The van der Waals surface area contributed by atoms with Gasteiger partial charge >= 0.3 is 0 Å². The zero-order valence-electron chi connectivity index (χ0n) is 12.0. The Balaban J connectivity index is 2.25. The van der Waals surface area contributed by atoms with Gasteiger partial charge in [-0.3, -0.25) is 0 Å². The molecule has 2 rings (SSSR count). The smallest absolute Gasteiger partial charge is 0.0697 e. The molecule has 0 fully saturated rings. The molecule has 0 heterocycles. The van der Waals surface area contributed by atoms with Crippen LogP contribution in [0.2, 0.25) is 0 Å². The number of nitrogens with one attached hydrogen (secondary N) is 1. The minimum absolute atomic E-state index is 0.116. The highest BCUT2D eigenvalue weighted by atomic mass is 14.9. The third-order valence-electron chi connectivity index (χ3n) is 3.32. The lowest BCUT2D eigenvalue weighted by molar-refractivity contribution is 0.424. The van der Waals surface area contributed by atoms with Crippen LogP contribution in [0.1, 0.15) is 31.0 Å². The van der Waals surface area contributed by atoms with Crippen molar-refractivity contribution in [3.05, 3.63) is 71.8 Å². The molecule has 0 unspecified atom stereocenters. The van der Waals surface area contributed by atoms with Gasteiger partial charge in [-0.1, -0.05) is 60.7 Å². The standard InChI is InChI=1S/C18H20N2/c1-18(2,13-19)14-20-17(15-9-5-3-6-10-15)16-11-7-4-8-12-16/h3-12,17,20H,14H2,1-2H3. The Labute approximate surface area is 121 Å². The Morgan fingerprint density at radius 1 is 0.950 bits per heavy atom. The van der Waals surface area contributed by atoms with Crippen molar-refractivity contribution in [2.24, 2.45) is 5.41 Å². The molecular weight excluding hydrogens is 244 g/mol. The average Bonchev–Trinajstić information content (AvgIpc) is 2.49. The SMILES string of the molecule is CC(C)(C#N)CNC(c1ccccc1)c1ccccc1. The van der Waals surface area contributed by atoms with E-state index in [1.54, 1.807) is 0 Å². The van der Waals surface area contributed by atoms with Crippen molar-refractivity contribution in [3.63, 3.8) is 0 Å². The van der Waals surface area contributed by atoms with Gasteiger partial charge in [0.15, 0.2) is 0 Å². The van der Waals surface area contributed by atoms with Crippen LogP contribution in [0, 0.1) is 16.7 Å². The van der Waals surface area contributed by atoms with E-state index in [0.717, 1.165) is 0 Å². The van der Waals surface area contributed by atoms with Crippen molar-refractivity contribution in [1.29, 1.82) is 5.26 Å². The van der Waals surface area contributed by atoms with Gasteiger partial charge in [-0.05, 0) is 25.0 Å². The molecule has 2 aromatic rings. The average molecular weight is 264 g/mol. The van der Waals surface area contributed by atoms with Crippen molar-refractivity contribution in [3.8, 4) is 6.07 Å². The van der Waals surface area contributed by atoms with E-state index in [4.69, 9.17) is 5.26 Å². The monoisotopic (exact) mass is 264 g/mol. The van der Waals surface area contributed by atoms with Gasteiger partial charge in [-0.2, -0.15) is 5.26 Å². The van der Waals surface area contributed by atoms with Crippen LogP contribution in [0.15, 0.2) is 60.7 Å². The van der Waals surface area contributed by atoms with Gasteiger partial charge in [0.1, 0.15) is 0 Å². The predicted molar refractivity (Wildman–Crippen MR) is 82.1 cm³/mol. The second kappa shape index (κ2) is 6.36. The maximum Gasteiger partial charge on any atom is 0.0697 e. The summed E-state index contributed by atoms with van der Waals surface area (Å²) in [6.45, 7) is 4.55. The van der Waals surface area contributed by atoms with E-state index >= 15 is 0 Å². The van der Waals surface area contributed by atoms with E-state index in [9.17, 15) is 0 Å². The molecule has 0 spiro atoms. The summed E-state index contributed by atoms with van der Waals surface area (Å²) in [5.41, 5.74) is 2.06. The Bertz CT molecular complexity index is 528. The van der Waals surface area contributed by atoms with Gasteiger partial charge in [0.2, 0.25) is 0 Å². The summed E-state index contributed by atoms with van der Waals surface area (Å²) in [5, 5.41) is 12.7. The molecule has 2 heteroatoms. The van der Waals surface area contributed by atoms with Crippen LogP contribution in [-0.2, 0) is 0 Å². The van der Waals surface area contributed by atoms with Crippen LogP contribution in [-0.4, -0.2) is 6.54 Å². The van der Waals surface area contributed by atoms with Crippen LogP contribution in [0.4, 0.5) is 0 Å². The normalized spacial score (nSPS) is 11.3. The van der Waals surface area contributed by atoms with E-state index in [1.165, 1.54) is 11.1 Å². The summed E-state index contributed by atoms with van der Waals surface area (Å²) in [5.74, 6) is 0. The third kappa shape index (κ3) is 3.69. The molecule has 0 aliphatic rings. The van der Waals surface area contributed by atoms with Crippen LogP contribution >= 0.6 is 0 Å². The highest BCUT2D eigenvalue weighted by molar-refractivity contribution is 5.31. The fourth-order valence-corrected chi connectivity index (χ4v) is 2.12. The molecule has 102 valence electrons. The number of nitriles is 1. The van der Waals surface area contributed by atoms with Crippen LogP contribution in [0.3, 0.4) is 0 Å². The minimum atomic E-state index is -0.373. The molecule has 2 aromatic carbocycles. The number of hydrogen-bond acceptors (Lipinski definition) is 2. The van der Waals surface area contributed by atoms with E-state index in [2.05, 4.69) is 35.7 Å². The Kier molecular flexibility index (Phi) is 4.55. The molecule has 1 N–H and O–H groups in total. The molecule has 0 radical (unpaired) electrons. The fourth-order valence-electron chi connectivity index (χ4n) is 2.12. The van der Waals surface area contributed by atoms with Crippen molar-refractivity contribution >= 4 is 0 Å². The Morgan fingerprint density at radius 3 is 1.80 bits per heavy atom. The summed E-state index contributed by atoms with van der Waals surface area (Å²) in [6.07, 6.45) is 0. The Hall–Kier alpha value is -2.11. The molecule has 0 aromatic heterocycles. The topological polar surface area (TPSA) is 35.8 Å². The van der Waals surface area contributed by atoms with Crippen molar-refractivity contribution in [2.45, 2.75) is 19.9 Å². The van der Waals surface area contributed by atoms with E-state index in [1.807, 2.05) is 50.2 Å². The number of nitrogens with zero attached hydrogens (tertiary/aromatic N) is 1.